The Morgan fingerprint density at radius 2 is 1.57 bits per heavy atom. The van der Waals surface area contributed by atoms with Gasteiger partial charge in [0.1, 0.15) is 18.1 Å². The number of hydrogen-bond acceptors (Lipinski definition) is 7. The van der Waals surface area contributed by atoms with Crippen LogP contribution in [-0.4, -0.2) is 70.7 Å². The van der Waals surface area contributed by atoms with Crippen LogP contribution in [0.25, 0.3) is 0 Å². The maximum absolute atomic E-state index is 12.8. The van der Waals surface area contributed by atoms with Crippen molar-refractivity contribution in [3.8, 4) is 0 Å². The van der Waals surface area contributed by atoms with Crippen LogP contribution in [0.4, 0.5) is 0 Å². The first-order valence-electron chi connectivity index (χ1n) is 9.99. The van der Waals surface area contributed by atoms with Gasteiger partial charge in [-0.2, -0.15) is 24.4 Å². The van der Waals surface area contributed by atoms with E-state index in [4.69, 9.17) is 5.73 Å². The highest BCUT2D eigenvalue weighted by molar-refractivity contribution is 7.98. The van der Waals surface area contributed by atoms with Crippen molar-refractivity contribution in [2.24, 2.45) is 17.6 Å². The van der Waals surface area contributed by atoms with E-state index in [-0.39, 0.29) is 17.6 Å². The number of nitrogens with one attached hydrogen (secondary N) is 3. The lowest BCUT2D eigenvalue weighted by molar-refractivity contribution is -0.143. The number of amides is 3. The summed E-state index contributed by atoms with van der Waals surface area (Å²) in [6, 6.07) is -3.74. The van der Waals surface area contributed by atoms with Crippen LogP contribution in [0.15, 0.2) is 0 Å². The number of carboxylic acid groups (broad SMARTS) is 1. The van der Waals surface area contributed by atoms with Gasteiger partial charge in [-0.25, -0.2) is 4.79 Å². The van der Waals surface area contributed by atoms with E-state index in [0.717, 1.165) is 5.75 Å². The molecular weight excluding hydrogens is 428 g/mol. The van der Waals surface area contributed by atoms with Gasteiger partial charge in [-0.1, -0.05) is 34.1 Å². The molecule has 0 aliphatic rings. The summed E-state index contributed by atoms with van der Waals surface area (Å²) in [4.78, 5) is 49.0. The van der Waals surface area contributed by atoms with E-state index >= 15 is 0 Å². The molecule has 0 aromatic carbocycles. The summed E-state index contributed by atoms with van der Waals surface area (Å²) in [6.07, 6.45) is 3.01. The van der Waals surface area contributed by atoms with E-state index < -0.39 is 47.9 Å². The fourth-order valence-electron chi connectivity index (χ4n) is 2.56. The average molecular weight is 465 g/mol. The first-order chi connectivity index (χ1) is 14.0. The third-order valence-electron chi connectivity index (χ3n) is 4.81. The number of carbonyl (C=O) groups is 4. The highest BCUT2D eigenvalue weighted by Gasteiger charge is 2.32. The van der Waals surface area contributed by atoms with Crippen molar-refractivity contribution >= 4 is 48.1 Å². The molecule has 0 rings (SSSR count). The van der Waals surface area contributed by atoms with E-state index in [1.807, 2.05) is 20.1 Å². The average Bonchev–Trinajstić information content (AvgIpc) is 2.70. The van der Waals surface area contributed by atoms with Gasteiger partial charge in [0.15, 0.2) is 0 Å². The lowest BCUT2D eigenvalue weighted by atomic mass is 9.97. The lowest BCUT2D eigenvalue weighted by Crippen LogP contribution is -2.59. The van der Waals surface area contributed by atoms with Gasteiger partial charge >= 0.3 is 5.97 Å². The maximum atomic E-state index is 12.8. The van der Waals surface area contributed by atoms with Crippen molar-refractivity contribution in [2.75, 3.05) is 17.8 Å². The molecule has 0 aromatic heterocycles. The minimum absolute atomic E-state index is 0.0313. The van der Waals surface area contributed by atoms with Crippen LogP contribution >= 0.6 is 24.4 Å². The van der Waals surface area contributed by atoms with Gasteiger partial charge in [0.05, 0.1) is 6.04 Å². The van der Waals surface area contributed by atoms with Crippen LogP contribution in [0.3, 0.4) is 0 Å². The third kappa shape index (κ3) is 9.57. The zero-order valence-corrected chi connectivity index (χ0v) is 20.0. The van der Waals surface area contributed by atoms with Gasteiger partial charge in [-0.15, -0.1) is 0 Å². The molecule has 0 saturated carbocycles. The van der Waals surface area contributed by atoms with Crippen LogP contribution < -0.4 is 21.7 Å². The topological polar surface area (TPSA) is 151 Å². The molecule has 6 N–H and O–H groups in total. The molecule has 9 nitrogen and oxygen atoms in total. The summed E-state index contributed by atoms with van der Waals surface area (Å²) >= 11 is 5.68. The number of nitrogens with two attached hydrogens (primary N) is 1. The second-order valence-electron chi connectivity index (χ2n) is 7.57. The molecule has 0 bridgehead atoms. The van der Waals surface area contributed by atoms with Crippen LogP contribution in [0, 0.1) is 11.8 Å². The first kappa shape index (κ1) is 28.5. The molecule has 30 heavy (non-hydrogen) atoms. The molecule has 5 atom stereocenters. The standard InChI is InChI=1S/C19H36N4O5S2/c1-6-11(4)15(23-16(24)12(20)7-8-30-5)18(26)21-13(9-29)17(25)22-14(10(2)3)19(27)28/h10-15,29H,6-9,20H2,1-5H3,(H,21,26)(H,22,25)(H,23,24)(H,27,28). The van der Waals surface area contributed by atoms with Crippen LogP contribution in [0.5, 0.6) is 0 Å². The maximum Gasteiger partial charge on any atom is 0.326 e. The molecule has 174 valence electrons. The monoisotopic (exact) mass is 464 g/mol. The molecule has 5 unspecified atom stereocenters. The lowest BCUT2D eigenvalue weighted by Gasteiger charge is -2.27. The Morgan fingerprint density at radius 1 is 1.00 bits per heavy atom. The van der Waals surface area contributed by atoms with Crippen molar-refractivity contribution in [3.05, 3.63) is 0 Å². The number of carbonyl (C=O) groups excluding carboxylic acids is 3. The van der Waals surface area contributed by atoms with Crippen LogP contribution in [0.1, 0.15) is 40.5 Å². The van der Waals surface area contributed by atoms with Gasteiger partial charge in [0, 0.05) is 5.75 Å². The predicted octanol–water partition coefficient (Wildman–Crippen LogP) is 0.238. The number of rotatable bonds is 14. The summed E-state index contributed by atoms with van der Waals surface area (Å²) in [7, 11) is 0. The molecule has 0 heterocycles. The Hall–Kier alpha value is -1.46. The minimum Gasteiger partial charge on any atom is -0.480 e. The van der Waals surface area contributed by atoms with Crippen molar-refractivity contribution in [3.63, 3.8) is 0 Å². The molecule has 11 heteroatoms. The van der Waals surface area contributed by atoms with Gasteiger partial charge < -0.3 is 26.8 Å². The molecule has 0 spiro atoms. The highest BCUT2D eigenvalue weighted by Crippen LogP contribution is 2.10. The highest BCUT2D eigenvalue weighted by atomic mass is 32.2. The summed E-state index contributed by atoms with van der Waals surface area (Å²) in [6.45, 7) is 7.03. The number of thioether (sulfide) groups is 1. The van der Waals surface area contributed by atoms with Gasteiger partial charge in [0.25, 0.3) is 0 Å². The number of hydrogen-bond donors (Lipinski definition) is 6. The van der Waals surface area contributed by atoms with E-state index in [1.54, 1.807) is 25.6 Å². The molecule has 0 fully saturated rings. The van der Waals surface area contributed by atoms with Crippen molar-refractivity contribution in [2.45, 2.75) is 64.7 Å². The largest absolute Gasteiger partial charge is 0.480 e. The van der Waals surface area contributed by atoms with Crippen LogP contribution in [-0.2, 0) is 19.2 Å². The fourth-order valence-corrected chi connectivity index (χ4v) is 3.31. The molecule has 0 aliphatic carbocycles. The summed E-state index contributed by atoms with van der Waals surface area (Å²) in [5.41, 5.74) is 5.89. The van der Waals surface area contributed by atoms with Crippen LogP contribution in [0.2, 0.25) is 0 Å². The van der Waals surface area contributed by atoms with Crippen molar-refractivity contribution in [1.29, 1.82) is 0 Å². The molecule has 0 aromatic rings. The quantitative estimate of drug-likeness (QED) is 0.202. The molecule has 0 aliphatic heterocycles. The second kappa shape index (κ2) is 14.5. The Balaban J connectivity index is 5.24. The van der Waals surface area contributed by atoms with Gasteiger partial charge in [-0.3, -0.25) is 14.4 Å². The molecular formula is C19H36N4O5S2. The van der Waals surface area contributed by atoms with E-state index in [1.165, 1.54) is 0 Å². The normalized spacial score (nSPS) is 16.1. The Kier molecular flexibility index (Phi) is 13.8. The second-order valence-corrected chi connectivity index (χ2v) is 8.92. The molecule has 0 saturated heterocycles. The van der Waals surface area contributed by atoms with Crippen molar-refractivity contribution < 1.29 is 24.3 Å². The SMILES string of the molecule is CCC(C)C(NC(=O)C(N)CCSC)C(=O)NC(CS)C(=O)NC(C(=O)O)C(C)C. The smallest absolute Gasteiger partial charge is 0.326 e. The summed E-state index contributed by atoms with van der Waals surface area (Å²) in [5, 5.41) is 16.9. The van der Waals surface area contributed by atoms with E-state index in [2.05, 4.69) is 28.6 Å². The van der Waals surface area contributed by atoms with E-state index in [0.29, 0.717) is 12.8 Å². The zero-order valence-electron chi connectivity index (χ0n) is 18.3. The zero-order chi connectivity index (χ0) is 23.4. The first-order valence-corrected chi connectivity index (χ1v) is 12.0. The predicted molar refractivity (Wildman–Crippen MR) is 123 cm³/mol. The molecule has 3 amide bonds. The van der Waals surface area contributed by atoms with Gasteiger partial charge in [0.2, 0.25) is 17.7 Å². The van der Waals surface area contributed by atoms with Crippen molar-refractivity contribution in [1.82, 2.24) is 16.0 Å². The molecule has 0 radical (unpaired) electrons. The number of aliphatic carboxylic acids is 1. The Labute approximate surface area is 188 Å². The van der Waals surface area contributed by atoms with Gasteiger partial charge in [-0.05, 0) is 30.3 Å². The Morgan fingerprint density at radius 3 is 2.00 bits per heavy atom. The number of thiol groups is 1. The number of carboxylic acids is 1. The summed E-state index contributed by atoms with van der Waals surface area (Å²) in [5.74, 6) is -2.63. The Bertz CT molecular complexity index is 591. The fraction of sp³-hybridized carbons (Fsp3) is 0.789. The minimum atomic E-state index is -1.16. The van der Waals surface area contributed by atoms with E-state index in [9.17, 15) is 24.3 Å². The third-order valence-corrected chi connectivity index (χ3v) is 5.82. The summed E-state index contributed by atoms with van der Waals surface area (Å²) < 4.78 is 0.